The highest BCUT2D eigenvalue weighted by Crippen LogP contribution is 2.14. The van der Waals surface area contributed by atoms with Crippen LogP contribution in [0.4, 0.5) is 11.4 Å². The van der Waals surface area contributed by atoms with Gasteiger partial charge in [0.2, 0.25) is 0 Å². The smallest absolute Gasteiger partial charge is 0.336 e. The average Bonchev–Trinajstić information content (AvgIpc) is 2.47. The third-order valence-electron chi connectivity index (χ3n) is 2.92. The molecule has 2 aromatic carbocycles. The van der Waals surface area contributed by atoms with Gasteiger partial charge in [-0.3, -0.25) is 0 Å². The molecule has 0 amide bonds. The van der Waals surface area contributed by atoms with Crippen molar-refractivity contribution < 1.29 is 24.9 Å². The van der Waals surface area contributed by atoms with Gasteiger partial charge in [-0.05, 0) is 42.8 Å². The Morgan fingerprint density at radius 1 is 0.870 bits per heavy atom. The lowest BCUT2D eigenvalue weighted by Crippen LogP contribution is -2.08. The molecule has 0 radical (unpaired) electrons. The van der Waals surface area contributed by atoms with Crippen LogP contribution in [0.5, 0.6) is 0 Å². The molecule has 0 spiro atoms. The van der Waals surface area contributed by atoms with Crippen molar-refractivity contribution in [3.05, 3.63) is 59.2 Å². The number of nitrogens with two attached hydrogens (primary N) is 2. The van der Waals surface area contributed by atoms with Crippen LogP contribution < -0.4 is 11.5 Å². The van der Waals surface area contributed by atoms with E-state index < -0.39 is 18.0 Å². The molecule has 1 atom stereocenters. The molecule has 2 aromatic rings. The quantitative estimate of drug-likeness (QED) is 0.543. The van der Waals surface area contributed by atoms with Crippen LogP contribution in [0.1, 0.15) is 39.3 Å². The van der Waals surface area contributed by atoms with Gasteiger partial charge in [-0.1, -0.05) is 12.1 Å². The van der Waals surface area contributed by atoms with Crippen LogP contribution in [-0.4, -0.2) is 27.3 Å². The number of aliphatic hydroxyl groups is 1. The molecule has 0 aliphatic rings. The Morgan fingerprint density at radius 3 is 1.78 bits per heavy atom. The minimum Gasteiger partial charge on any atom is -0.478 e. The highest BCUT2D eigenvalue weighted by molar-refractivity contribution is 6.02. The van der Waals surface area contributed by atoms with Gasteiger partial charge in [0.05, 0.1) is 17.2 Å². The molecule has 2 rings (SSSR count). The number of nitrogen functional groups attached to an aromatic ring is 2. The summed E-state index contributed by atoms with van der Waals surface area (Å²) in [5.74, 6) is -2.58. The van der Waals surface area contributed by atoms with Gasteiger partial charge in [0.25, 0.3) is 0 Å². The van der Waals surface area contributed by atoms with Gasteiger partial charge in [-0.2, -0.15) is 0 Å². The molecule has 0 saturated carbocycles. The van der Waals surface area contributed by atoms with E-state index in [4.69, 9.17) is 26.8 Å². The molecular weight excluding hydrogens is 300 g/mol. The number of hydrogen-bond donors (Lipinski definition) is 5. The largest absolute Gasteiger partial charge is 0.478 e. The zero-order chi connectivity index (χ0) is 17.6. The third kappa shape index (κ3) is 5.33. The summed E-state index contributed by atoms with van der Waals surface area (Å²) in [5.41, 5.74) is 12.0. The molecule has 23 heavy (non-hydrogen) atoms. The Labute approximate surface area is 132 Å². The second-order valence-corrected chi connectivity index (χ2v) is 4.76. The predicted octanol–water partition coefficient (Wildman–Crippen LogP) is 1.99. The number of carbonyl (C=O) groups is 2. The first-order valence-electron chi connectivity index (χ1n) is 6.62. The fraction of sp³-hybridized carbons (Fsp3) is 0.125. The zero-order valence-electron chi connectivity index (χ0n) is 12.4. The monoisotopic (exact) mass is 318 g/mol. The van der Waals surface area contributed by atoms with Gasteiger partial charge >= 0.3 is 11.9 Å². The molecule has 0 heterocycles. The van der Waals surface area contributed by atoms with Gasteiger partial charge in [-0.25, -0.2) is 9.59 Å². The number of aromatic carboxylic acids is 2. The summed E-state index contributed by atoms with van der Waals surface area (Å²) in [5, 5.41) is 26.3. The maximum atomic E-state index is 10.6. The Kier molecular flexibility index (Phi) is 6.11. The van der Waals surface area contributed by atoms with Crippen LogP contribution in [0, 0.1) is 0 Å². The van der Waals surface area contributed by atoms with Crippen molar-refractivity contribution in [1.82, 2.24) is 0 Å². The minimum atomic E-state index is -1.30. The van der Waals surface area contributed by atoms with E-state index in [1.165, 1.54) is 12.1 Å². The lowest BCUT2D eigenvalue weighted by molar-refractivity contribution is 0.0651. The van der Waals surface area contributed by atoms with E-state index in [1.54, 1.807) is 19.1 Å². The Morgan fingerprint density at radius 2 is 1.35 bits per heavy atom. The minimum absolute atomic E-state index is 0.224. The van der Waals surface area contributed by atoms with Gasteiger partial charge in [-0.15, -0.1) is 0 Å². The van der Waals surface area contributed by atoms with Crippen LogP contribution >= 0.6 is 0 Å². The molecule has 0 aliphatic heterocycles. The van der Waals surface area contributed by atoms with Crippen molar-refractivity contribution in [3.8, 4) is 0 Å². The fourth-order valence-electron chi connectivity index (χ4n) is 1.70. The van der Waals surface area contributed by atoms with E-state index in [0.29, 0.717) is 0 Å². The Balaban J connectivity index is 0.000000238. The third-order valence-corrected chi connectivity index (χ3v) is 2.92. The maximum absolute atomic E-state index is 10.6. The molecule has 7 nitrogen and oxygen atoms in total. The van der Waals surface area contributed by atoms with E-state index in [1.807, 2.05) is 12.1 Å². The molecule has 0 saturated heterocycles. The fourth-order valence-corrected chi connectivity index (χ4v) is 1.70. The van der Waals surface area contributed by atoms with Crippen molar-refractivity contribution in [2.24, 2.45) is 0 Å². The molecule has 7 N–H and O–H groups in total. The number of benzene rings is 2. The predicted molar refractivity (Wildman–Crippen MR) is 86.3 cm³/mol. The Bertz CT molecular complexity index is 696. The summed E-state index contributed by atoms with van der Waals surface area (Å²) >= 11 is 0. The SMILES string of the molecule is CC(O)c1ccc(N)cc1.Nc1ccc(C(=O)O)c(C(=O)O)c1. The molecule has 0 aliphatic carbocycles. The van der Waals surface area contributed by atoms with Crippen molar-refractivity contribution in [1.29, 1.82) is 0 Å². The summed E-state index contributed by atoms with van der Waals surface area (Å²) in [6, 6.07) is 10.8. The van der Waals surface area contributed by atoms with Gasteiger partial charge in [0.15, 0.2) is 0 Å². The van der Waals surface area contributed by atoms with Crippen molar-refractivity contribution in [2.75, 3.05) is 11.5 Å². The van der Waals surface area contributed by atoms with Crippen molar-refractivity contribution in [3.63, 3.8) is 0 Å². The summed E-state index contributed by atoms with van der Waals surface area (Å²) in [6.45, 7) is 1.73. The number of hydrogen-bond acceptors (Lipinski definition) is 5. The lowest BCUT2D eigenvalue weighted by Gasteiger charge is -2.02. The molecule has 122 valence electrons. The number of rotatable bonds is 3. The van der Waals surface area contributed by atoms with Crippen LogP contribution in [0.3, 0.4) is 0 Å². The first kappa shape index (κ1) is 18.0. The second kappa shape index (κ2) is 7.81. The normalized spacial score (nSPS) is 11.0. The highest BCUT2D eigenvalue weighted by atomic mass is 16.4. The maximum Gasteiger partial charge on any atom is 0.336 e. The number of carboxylic acids is 2. The molecule has 0 fully saturated rings. The van der Waals surface area contributed by atoms with E-state index in [2.05, 4.69) is 0 Å². The van der Waals surface area contributed by atoms with Crippen LogP contribution in [0.2, 0.25) is 0 Å². The molecular formula is C16H18N2O5. The first-order valence-corrected chi connectivity index (χ1v) is 6.62. The first-order chi connectivity index (χ1) is 10.7. The summed E-state index contributed by atoms with van der Waals surface area (Å²) in [4.78, 5) is 21.1. The lowest BCUT2D eigenvalue weighted by atomic mass is 10.1. The van der Waals surface area contributed by atoms with Crippen molar-refractivity contribution in [2.45, 2.75) is 13.0 Å². The average molecular weight is 318 g/mol. The van der Waals surface area contributed by atoms with Crippen molar-refractivity contribution >= 4 is 23.3 Å². The van der Waals surface area contributed by atoms with Crippen LogP contribution in [-0.2, 0) is 0 Å². The highest BCUT2D eigenvalue weighted by Gasteiger charge is 2.15. The van der Waals surface area contributed by atoms with E-state index in [-0.39, 0.29) is 16.8 Å². The molecule has 0 bridgehead atoms. The van der Waals surface area contributed by atoms with Gasteiger partial charge < -0.3 is 26.8 Å². The van der Waals surface area contributed by atoms with Crippen LogP contribution in [0.15, 0.2) is 42.5 Å². The van der Waals surface area contributed by atoms with Crippen LogP contribution in [0.25, 0.3) is 0 Å². The zero-order valence-corrected chi connectivity index (χ0v) is 12.4. The summed E-state index contributed by atoms with van der Waals surface area (Å²) in [7, 11) is 0. The van der Waals surface area contributed by atoms with Gasteiger partial charge in [0, 0.05) is 11.4 Å². The van der Waals surface area contributed by atoms with E-state index >= 15 is 0 Å². The number of anilines is 2. The second-order valence-electron chi connectivity index (χ2n) is 4.76. The molecule has 7 heteroatoms. The summed E-state index contributed by atoms with van der Waals surface area (Å²) < 4.78 is 0. The molecule has 0 aromatic heterocycles. The van der Waals surface area contributed by atoms with E-state index in [0.717, 1.165) is 17.3 Å². The summed E-state index contributed by atoms with van der Waals surface area (Å²) in [6.07, 6.45) is -0.402. The molecule has 1 unspecified atom stereocenters. The number of aliphatic hydroxyl groups excluding tert-OH is 1. The van der Waals surface area contributed by atoms with E-state index in [9.17, 15) is 9.59 Å². The van der Waals surface area contributed by atoms with Gasteiger partial charge in [0.1, 0.15) is 0 Å². The number of carboxylic acid groups (broad SMARTS) is 2. The standard InChI is InChI=1S/C8H7NO4.C8H11NO/c9-4-1-2-5(7(10)11)6(3-4)8(12)13;1-6(10)7-2-4-8(9)5-3-7/h1-3H,9H2,(H,10,11)(H,12,13);2-6,10H,9H2,1H3. The Hall–Kier alpha value is -3.06. The topological polar surface area (TPSA) is 147 Å².